The van der Waals surface area contributed by atoms with Crippen LogP contribution in [0.5, 0.6) is 0 Å². The van der Waals surface area contributed by atoms with Gasteiger partial charge in [-0.05, 0) is 31.6 Å². The highest BCUT2D eigenvalue weighted by molar-refractivity contribution is 5.68. The Balaban J connectivity index is 1.90. The van der Waals surface area contributed by atoms with E-state index < -0.39 is 0 Å². The topological polar surface area (TPSA) is 64.6 Å². The summed E-state index contributed by atoms with van der Waals surface area (Å²) in [6, 6.07) is 0. The van der Waals surface area contributed by atoms with Gasteiger partial charge in [0.25, 0.3) is 0 Å². The zero-order valence-corrected chi connectivity index (χ0v) is 12.5. The first-order chi connectivity index (χ1) is 9.72. The molecule has 1 N–H and O–H groups in total. The molecule has 1 aliphatic carbocycles. The van der Waals surface area contributed by atoms with E-state index in [-0.39, 0.29) is 12.1 Å². The van der Waals surface area contributed by atoms with Crippen LogP contribution in [-0.4, -0.2) is 31.8 Å². The Morgan fingerprint density at radius 1 is 1.05 bits per heavy atom. The number of nitrogens with one attached hydrogen (secondary N) is 1. The Hall–Kier alpha value is -1.26. The lowest BCUT2D eigenvalue weighted by atomic mass is 9.89. The van der Waals surface area contributed by atoms with Crippen LogP contribution < -0.4 is 5.32 Å². The molecule has 0 radical (unpaired) electrons. The number of carbonyl (C=O) groups excluding carboxylic acids is 2. The van der Waals surface area contributed by atoms with Crippen LogP contribution in [0.2, 0.25) is 0 Å². The largest absolute Gasteiger partial charge is 0.466 e. The monoisotopic (exact) mass is 285 g/mol. The van der Waals surface area contributed by atoms with Crippen molar-refractivity contribution >= 4 is 12.1 Å². The molecule has 0 aromatic rings. The number of rotatable bonds is 8. The van der Waals surface area contributed by atoms with Gasteiger partial charge in [0.2, 0.25) is 0 Å². The molecule has 1 fully saturated rings. The SMILES string of the molecule is CCC(=O)OCCCCOC(=O)NCC1CCCCC1. The summed E-state index contributed by atoms with van der Waals surface area (Å²) < 4.78 is 10.0. The zero-order chi connectivity index (χ0) is 14.6. The van der Waals surface area contributed by atoms with E-state index in [4.69, 9.17) is 9.47 Å². The summed E-state index contributed by atoms with van der Waals surface area (Å²) in [6.45, 7) is 3.27. The van der Waals surface area contributed by atoms with Crippen LogP contribution in [0.25, 0.3) is 0 Å². The first-order valence-electron chi connectivity index (χ1n) is 7.78. The van der Waals surface area contributed by atoms with Crippen molar-refractivity contribution in [3.05, 3.63) is 0 Å². The van der Waals surface area contributed by atoms with Crippen molar-refractivity contribution < 1.29 is 19.1 Å². The van der Waals surface area contributed by atoms with Crippen molar-refractivity contribution in [3.8, 4) is 0 Å². The number of carbonyl (C=O) groups is 2. The van der Waals surface area contributed by atoms with Gasteiger partial charge in [-0.3, -0.25) is 4.79 Å². The fourth-order valence-corrected chi connectivity index (χ4v) is 2.33. The summed E-state index contributed by atoms with van der Waals surface area (Å²) in [6.07, 6.45) is 7.81. The van der Waals surface area contributed by atoms with Gasteiger partial charge in [0, 0.05) is 13.0 Å². The zero-order valence-electron chi connectivity index (χ0n) is 12.5. The van der Waals surface area contributed by atoms with E-state index in [0.29, 0.717) is 32.0 Å². The molecule has 0 bridgehead atoms. The summed E-state index contributed by atoms with van der Waals surface area (Å²) in [5.41, 5.74) is 0. The number of unbranched alkanes of at least 4 members (excludes halogenated alkanes) is 1. The highest BCUT2D eigenvalue weighted by Crippen LogP contribution is 2.22. The fraction of sp³-hybridized carbons (Fsp3) is 0.867. The van der Waals surface area contributed by atoms with Crippen LogP contribution in [0, 0.1) is 5.92 Å². The van der Waals surface area contributed by atoms with Gasteiger partial charge in [0.1, 0.15) is 0 Å². The minimum Gasteiger partial charge on any atom is -0.466 e. The average molecular weight is 285 g/mol. The molecule has 0 spiro atoms. The molecule has 1 rings (SSSR count). The first kappa shape index (κ1) is 16.8. The van der Waals surface area contributed by atoms with E-state index in [0.717, 1.165) is 13.0 Å². The maximum absolute atomic E-state index is 11.5. The Kier molecular flexibility index (Phi) is 8.83. The molecule has 1 amide bonds. The standard InChI is InChI=1S/C15H27NO4/c1-2-14(17)19-10-6-7-11-20-15(18)16-12-13-8-4-3-5-9-13/h13H,2-12H2,1H3,(H,16,18). The maximum Gasteiger partial charge on any atom is 0.407 e. The number of ether oxygens (including phenoxy) is 2. The fourth-order valence-electron chi connectivity index (χ4n) is 2.33. The number of esters is 1. The third-order valence-corrected chi connectivity index (χ3v) is 3.58. The first-order valence-corrected chi connectivity index (χ1v) is 7.78. The van der Waals surface area contributed by atoms with E-state index in [2.05, 4.69) is 5.32 Å². The molecule has 0 aromatic carbocycles. The van der Waals surface area contributed by atoms with Crippen molar-refractivity contribution in [2.45, 2.75) is 58.3 Å². The minimum absolute atomic E-state index is 0.184. The maximum atomic E-state index is 11.5. The Morgan fingerprint density at radius 2 is 1.70 bits per heavy atom. The van der Waals surface area contributed by atoms with Crippen LogP contribution in [0.4, 0.5) is 4.79 Å². The number of alkyl carbamates (subject to hydrolysis) is 1. The second-order valence-corrected chi connectivity index (χ2v) is 5.30. The van der Waals surface area contributed by atoms with Crippen molar-refractivity contribution in [1.29, 1.82) is 0 Å². The predicted molar refractivity (Wildman–Crippen MR) is 76.4 cm³/mol. The quantitative estimate of drug-likeness (QED) is 0.550. The van der Waals surface area contributed by atoms with Gasteiger partial charge in [0.15, 0.2) is 0 Å². The lowest BCUT2D eigenvalue weighted by Gasteiger charge is -2.21. The van der Waals surface area contributed by atoms with E-state index in [1.165, 1.54) is 32.1 Å². The molecular formula is C15H27NO4. The molecular weight excluding hydrogens is 258 g/mol. The van der Waals surface area contributed by atoms with Gasteiger partial charge in [-0.25, -0.2) is 4.79 Å². The van der Waals surface area contributed by atoms with Crippen molar-refractivity contribution in [1.82, 2.24) is 5.32 Å². The Bertz CT molecular complexity index is 288. The van der Waals surface area contributed by atoms with Crippen molar-refractivity contribution in [2.75, 3.05) is 19.8 Å². The Morgan fingerprint density at radius 3 is 2.35 bits per heavy atom. The highest BCUT2D eigenvalue weighted by Gasteiger charge is 2.14. The van der Waals surface area contributed by atoms with Crippen LogP contribution in [0.3, 0.4) is 0 Å². The third-order valence-electron chi connectivity index (χ3n) is 3.58. The van der Waals surface area contributed by atoms with Crippen LogP contribution in [0.15, 0.2) is 0 Å². The van der Waals surface area contributed by atoms with Gasteiger partial charge >= 0.3 is 12.1 Å². The van der Waals surface area contributed by atoms with E-state index in [1.807, 2.05) is 0 Å². The van der Waals surface area contributed by atoms with E-state index in [9.17, 15) is 9.59 Å². The molecule has 116 valence electrons. The minimum atomic E-state index is -0.332. The van der Waals surface area contributed by atoms with Gasteiger partial charge < -0.3 is 14.8 Å². The van der Waals surface area contributed by atoms with E-state index in [1.54, 1.807) is 6.92 Å². The molecule has 0 unspecified atom stereocenters. The number of hydrogen-bond acceptors (Lipinski definition) is 4. The van der Waals surface area contributed by atoms with Crippen molar-refractivity contribution in [3.63, 3.8) is 0 Å². The molecule has 0 aliphatic heterocycles. The molecule has 1 aliphatic rings. The number of hydrogen-bond donors (Lipinski definition) is 1. The lowest BCUT2D eigenvalue weighted by Crippen LogP contribution is -2.31. The van der Waals surface area contributed by atoms with Crippen LogP contribution >= 0.6 is 0 Å². The Labute approximate surface area is 121 Å². The van der Waals surface area contributed by atoms with Crippen LogP contribution in [0.1, 0.15) is 58.3 Å². The average Bonchev–Trinajstić information content (AvgIpc) is 2.49. The molecule has 0 saturated heterocycles. The highest BCUT2D eigenvalue weighted by atomic mass is 16.5. The summed E-state index contributed by atoms with van der Waals surface area (Å²) in [7, 11) is 0. The smallest absolute Gasteiger partial charge is 0.407 e. The molecule has 5 nitrogen and oxygen atoms in total. The molecule has 1 saturated carbocycles. The van der Waals surface area contributed by atoms with Crippen LogP contribution in [-0.2, 0) is 14.3 Å². The molecule has 0 aromatic heterocycles. The molecule has 5 heteroatoms. The summed E-state index contributed by atoms with van der Waals surface area (Å²) in [4.78, 5) is 22.3. The second-order valence-electron chi connectivity index (χ2n) is 5.30. The van der Waals surface area contributed by atoms with Gasteiger partial charge in [-0.2, -0.15) is 0 Å². The van der Waals surface area contributed by atoms with Crippen molar-refractivity contribution in [2.24, 2.45) is 5.92 Å². The van der Waals surface area contributed by atoms with E-state index >= 15 is 0 Å². The normalized spacial score (nSPS) is 15.7. The summed E-state index contributed by atoms with van der Waals surface area (Å²) in [5.74, 6) is 0.431. The second kappa shape index (κ2) is 10.5. The predicted octanol–water partition coefficient (Wildman–Crippen LogP) is 3.03. The van der Waals surface area contributed by atoms with Gasteiger partial charge in [-0.15, -0.1) is 0 Å². The molecule has 0 heterocycles. The third kappa shape index (κ3) is 8.02. The lowest BCUT2D eigenvalue weighted by molar-refractivity contribution is -0.143. The molecule has 20 heavy (non-hydrogen) atoms. The van der Waals surface area contributed by atoms with Gasteiger partial charge in [0.05, 0.1) is 13.2 Å². The summed E-state index contributed by atoms with van der Waals surface area (Å²) in [5, 5.41) is 2.82. The van der Waals surface area contributed by atoms with Gasteiger partial charge in [-0.1, -0.05) is 26.2 Å². The summed E-state index contributed by atoms with van der Waals surface area (Å²) >= 11 is 0. The number of amides is 1. The molecule has 0 atom stereocenters.